The molecule has 2 heterocycles. The van der Waals surface area contributed by atoms with Gasteiger partial charge in [-0.3, -0.25) is 9.78 Å². The van der Waals surface area contributed by atoms with Gasteiger partial charge in [-0.15, -0.1) is 0 Å². The average Bonchev–Trinajstić information content (AvgIpc) is 3.09. The minimum absolute atomic E-state index is 0.0263. The molecule has 0 unspecified atom stereocenters. The summed E-state index contributed by atoms with van der Waals surface area (Å²) in [6, 6.07) is 14.8. The van der Waals surface area contributed by atoms with E-state index >= 15 is 0 Å². The molecule has 1 aliphatic rings. The normalized spacial score (nSPS) is 12.9. The number of amides is 1. The highest BCUT2D eigenvalue weighted by atomic mass is 16.5. The number of pyridine rings is 1. The summed E-state index contributed by atoms with van der Waals surface area (Å²) in [5, 5.41) is 0.943. The summed E-state index contributed by atoms with van der Waals surface area (Å²) in [6.45, 7) is 1.03. The molecule has 0 fully saturated rings. The first-order chi connectivity index (χ1) is 12.2. The summed E-state index contributed by atoms with van der Waals surface area (Å²) in [5.74, 6) is -0.392. The zero-order valence-corrected chi connectivity index (χ0v) is 13.7. The second kappa shape index (κ2) is 6.02. The predicted octanol–water partition coefficient (Wildman–Crippen LogP) is 3.18. The van der Waals surface area contributed by atoms with Crippen molar-refractivity contribution in [3.63, 3.8) is 0 Å². The van der Waals surface area contributed by atoms with E-state index in [1.54, 1.807) is 29.3 Å². The quantitative estimate of drug-likeness (QED) is 0.676. The molecule has 4 rings (SSSR count). The fourth-order valence-corrected chi connectivity index (χ4v) is 3.17. The Hall–Kier alpha value is -3.21. The van der Waals surface area contributed by atoms with Gasteiger partial charge in [0.05, 0.1) is 18.2 Å². The Balaban J connectivity index is 1.59. The van der Waals surface area contributed by atoms with Gasteiger partial charge < -0.3 is 9.64 Å². The number of hydrogen-bond acceptors (Lipinski definition) is 4. The number of carbonyl (C=O) groups is 2. The fraction of sp³-hybridized carbons (Fsp3) is 0.150. The molecule has 25 heavy (non-hydrogen) atoms. The monoisotopic (exact) mass is 332 g/mol. The van der Waals surface area contributed by atoms with Gasteiger partial charge in [0.2, 0.25) is 0 Å². The summed E-state index contributed by atoms with van der Waals surface area (Å²) >= 11 is 0. The molecule has 3 aromatic rings. The summed E-state index contributed by atoms with van der Waals surface area (Å²) < 4.78 is 4.76. The first-order valence-corrected chi connectivity index (χ1v) is 8.00. The van der Waals surface area contributed by atoms with Gasteiger partial charge in [-0.2, -0.15) is 0 Å². The Bertz CT molecular complexity index is 997. The van der Waals surface area contributed by atoms with Crippen molar-refractivity contribution in [3.05, 3.63) is 77.0 Å². The number of fused-ring (bicyclic) bond motifs is 2. The van der Waals surface area contributed by atoms with Crippen LogP contribution in [0.5, 0.6) is 0 Å². The average molecular weight is 332 g/mol. The van der Waals surface area contributed by atoms with Gasteiger partial charge in [-0.1, -0.05) is 12.1 Å². The Morgan fingerprint density at radius 2 is 1.80 bits per heavy atom. The van der Waals surface area contributed by atoms with Crippen LogP contribution in [-0.4, -0.2) is 28.9 Å². The molecule has 0 saturated heterocycles. The molecule has 1 aliphatic heterocycles. The lowest BCUT2D eigenvalue weighted by Gasteiger charge is -2.15. The number of rotatable bonds is 2. The maximum atomic E-state index is 12.8. The number of hydrogen-bond donors (Lipinski definition) is 0. The van der Waals surface area contributed by atoms with Gasteiger partial charge in [0.1, 0.15) is 0 Å². The summed E-state index contributed by atoms with van der Waals surface area (Å²) in [4.78, 5) is 30.6. The van der Waals surface area contributed by atoms with Crippen molar-refractivity contribution in [3.8, 4) is 0 Å². The molecule has 0 N–H and O–H groups in total. The van der Waals surface area contributed by atoms with Crippen LogP contribution < -0.4 is 0 Å². The number of ether oxygens (including phenoxy) is 1. The first kappa shape index (κ1) is 15.3. The largest absolute Gasteiger partial charge is 0.465 e. The Labute approximate surface area is 144 Å². The molecule has 5 heteroatoms. The molecule has 1 amide bonds. The van der Waals surface area contributed by atoms with Gasteiger partial charge >= 0.3 is 5.97 Å². The van der Waals surface area contributed by atoms with Gasteiger partial charge in [0.15, 0.2) is 0 Å². The summed E-state index contributed by atoms with van der Waals surface area (Å²) in [7, 11) is 1.36. The summed E-state index contributed by atoms with van der Waals surface area (Å²) in [5.41, 5.74) is 4.06. The second-order valence-corrected chi connectivity index (χ2v) is 6.05. The third-order valence-corrected chi connectivity index (χ3v) is 4.49. The number of aromatic nitrogens is 1. The standard InChI is InChI=1S/C20H16N2O3/c1-25-20(24)15-4-5-16-11-22(12-17(16)10-15)19(23)14-6-7-18-13(9-14)3-2-8-21-18/h2-10H,11-12H2,1H3. The Morgan fingerprint density at radius 3 is 2.64 bits per heavy atom. The van der Waals surface area contributed by atoms with E-state index in [1.165, 1.54) is 7.11 Å². The zero-order chi connectivity index (χ0) is 17.4. The van der Waals surface area contributed by atoms with Crippen molar-refractivity contribution >= 4 is 22.8 Å². The highest BCUT2D eigenvalue weighted by Crippen LogP contribution is 2.26. The summed E-state index contributed by atoms with van der Waals surface area (Å²) in [6.07, 6.45) is 1.74. The van der Waals surface area contributed by atoms with Crippen molar-refractivity contribution in [1.29, 1.82) is 0 Å². The minimum Gasteiger partial charge on any atom is -0.465 e. The molecule has 0 spiro atoms. The molecule has 5 nitrogen and oxygen atoms in total. The molecule has 1 aromatic heterocycles. The topological polar surface area (TPSA) is 59.5 Å². The molecule has 124 valence electrons. The molecule has 0 saturated carbocycles. The lowest BCUT2D eigenvalue weighted by Crippen LogP contribution is -2.25. The van der Waals surface area contributed by atoms with Crippen LogP contribution in [-0.2, 0) is 17.8 Å². The Kier molecular flexibility index (Phi) is 3.69. The van der Waals surface area contributed by atoms with Gasteiger partial charge in [-0.05, 0) is 47.5 Å². The van der Waals surface area contributed by atoms with Crippen LogP contribution in [0.3, 0.4) is 0 Å². The van der Waals surface area contributed by atoms with Crippen LogP contribution in [0.4, 0.5) is 0 Å². The number of esters is 1. The van der Waals surface area contributed by atoms with Gasteiger partial charge in [-0.25, -0.2) is 4.79 Å². The van der Waals surface area contributed by atoms with Crippen LogP contribution in [0.15, 0.2) is 54.7 Å². The Morgan fingerprint density at radius 1 is 1.00 bits per heavy atom. The molecular weight excluding hydrogens is 316 g/mol. The fourth-order valence-electron chi connectivity index (χ4n) is 3.17. The van der Waals surface area contributed by atoms with Crippen molar-refractivity contribution in [2.45, 2.75) is 13.1 Å². The predicted molar refractivity (Wildman–Crippen MR) is 93.1 cm³/mol. The zero-order valence-electron chi connectivity index (χ0n) is 13.7. The SMILES string of the molecule is COC(=O)c1ccc2c(c1)CN(C(=O)c1ccc3ncccc3c1)C2. The molecule has 0 bridgehead atoms. The van der Waals surface area contributed by atoms with Gasteiger partial charge in [0.25, 0.3) is 5.91 Å². The van der Waals surface area contributed by atoms with Crippen molar-refractivity contribution in [2.75, 3.05) is 7.11 Å². The lowest BCUT2D eigenvalue weighted by atomic mass is 10.1. The van der Waals surface area contributed by atoms with E-state index in [9.17, 15) is 9.59 Å². The van der Waals surface area contributed by atoms with Crippen LogP contribution in [0.2, 0.25) is 0 Å². The molecule has 2 aromatic carbocycles. The van der Waals surface area contributed by atoms with Crippen molar-refractivity contribution < 1.29 is 14.3 Å². The van der Waals surface area contributed by atoms with E-state index in [4.69, 9.17) is 4.74 Å². The van der Waals surface area contributed by atoms with E-state index in [-0.39, 0.29) is 11.9 Å². The maximum Gasteiger partial charge on any atom is 0.337 e. The van der Waals surface area contributed by atoms with Crippen molar-refractivity contribution in [2.24, 2.45) is 0 Å². The first-order valence-electron chi connectivity index (χ1n) is 8.00. The van der Waals surface area contributed by atoms with Crippen LogP contribution in [0.25, 0.3) is 10.9 Å². The molecular formula is C20H16N2O3. The van der Waals surface area contributed by atoms with Crippen LogP contribution in [0, 0.1) is 0 Å². The number of nitrogens with zero attached hydrogens (tertiary/aromatic N) is 2. The number of methoxy groups -OCH3 is 1. The number of benzene rings is 2. The molecule has 0 atom stereocenters. The van der Waals surface area contributed by atoms with Crippen LogP contribution in [0.1, 0.15) is 31.8 Å². The minimum atomic E-state index is -0.366. The second-order valence-electron chi connectivity index (χ2n) is 6.05. The smallest absolute Gasteiger partial charge is 0.337 e. The molecule has 0 radical (unpaired) electrons. The highest BCUT2D eigenvalue weighted by Gasteiger charge is 2.25. The highest BCUT2D eigenvalue weighted by molar-refractivity contribution is 5.98. The number of carbonyl (C=O) groups excluding carboxylic acids is 2. The third kappa shape index (κ3) is 2.74. The maximum absolute atomic E-state index is 12.8. The van der Waals surface area contributed by atoms with Crippen molar-refractivity contribution in [1.82, 2.24) is 9.88 Å². The molecule has 0 aliphatic carbocycles. The third-order valence-electron chi connectivity index (χ3n) is 4.49. The van der Waals surface area contributed by atoms with E-state index in [1.807, 2.05) is 30.3 Å². The van der Waals surface area contributed by atoms with E-state index in [0.29, 0.717) is 24.2 Å². The van der Waals surface area contributed by atoms with Crippen LogP contribution >= 0.6 is 0 Å². The van der Waals surface area contributed by atoms with E-state index in [0.717, 1.165) is 22.0 Å². The van der Waals surface area contributed by atoms with E-state index in [2.05, 4.69) is 4.98 Å². The van der Waals surface area contributed by atoms with E-state index < -0.39 is 0 Å². The lowest BCUT2D eigenvalue weighted by molar-refractivity contribution is 0.0600. The van der Waals surface area contributed by atoms with Gasteiger partial charge in [0, 0.05) is 30.2 Å².